The first kappa shape index (κ1) is 23.4. The Morgan fingerprint density at radius 2 is 1.86 bits per heavy atom. The van der Waals surface area contributed by atoms with Crippen molar-refractivity contribution >= 4 is 0 Å². The van der Waals surface area contributed by atoms with Gasteiger partial charge in [-0.25, -0.2) is 0 Å². The molecule has 37 heavy (non-hydrogen) atoms. The molecule has 2 spiro atoms. The molecule has 2 bridgehead atoms. The summed E-state index contributed by atoms with van der Waals surface area (Å²) in [6, 6.07) is 3.57. The van der Waals surface area contributed by atoms with Crippen LogP contribution >= 0.6 is 0 Å². The van der Waals surface area contributed by atoms with Crippen LogP contribution in [0.5, 0.6) is 0 Å². The second-order valence-corrected chi connectivity index (χ2v) is 13.8. The molecule has 5 heteroatoms. The van der Waals surface area contributed by atoms with Gasteiger partial charge in [0.15, 0.2) is 0 Å². The Kier molecular flexibility index (Phi) is 5.20. The SMILES string of the molecule is CN1CCN([C@H]2CCC3=CC4=CC[C@]5(C)[C@@H](N6CCc7ccncc7C6)CC[C@H]5[C@@]45CC[C@]3(C2)O5)CC1. The summed E-state index contributed by atoms with van der Waals surface area (Å²) in [5, 5.41) is 0. The van der Waals surface area contributed by atoms with Gasteiger partial charge in [0.2, 0.25) is 0 Å². The van der Waals surface area contributed by atoms with Crippen LogP contribution in [0.25, 0.3) is 0 Å². The Morgan fingerprint density at radius 1 is 0.973 bits per heavy atom. The Labute approximate surface area is 222 Å². The van der Waals surface area contributed by atoms with Crippen molar-refractivity contribution in [2.75, 3.05) is 39.8 Å². The lowest BCUT2D eigenvalue weighted by Crippen LogP contribution is -2.58. The number of likely N-dealkylation sites (N-methyl/N-ethyl adjacent to an activating group) is 1. The fourth-order valence-corrected chi connectivity index (χ4v) is 10.1. The van der Waals surface area contributed by atoms with E-state index in [0.29, 0.717) is 23.4 Å². The number of nitrogens with zero attached hydrogens (tertiary/aromatic N) is 4. The Bertz CT molecular complexity index is 1150. The molecule has 1 aromatic rings. The summed E-state index contributed by atoms with van der Waals surface area (Å²) in [7, 11) is 2.27. The second-order valence-electron chi connectivity index (χ2n) is 13.8. The lowest BCUT2D eigenvalue weighted by Gasteiger charge is -2.56. The van der Waals surface area contributed by atoms with Crippen LogP contribution in [-0.4, -0.2) is 82.7 Å². The number of hydrogen-bond acceptors (Lipinski definition) is 5. The molecule has 3 aliphatic carbocycles. The summed E-state index contributed by atoms with van der Waals surface area (Å²) < 4.78 is 7.59. The van der Waals surface area contributed by atoms with Gasteiger partial charge in [-0.1, -0.05) is 19.1 Å². The summed E-state index contributed by atoms with van der Waals surface area (Å²) in [5.74, 6) is 0.640. The van der Waals surface area contributed by atoms with Crippen molar-refractivity contribution in [2.45, 2.75) is 94.5 Å². The molecule has 0 aromatic carbocycles. The van der Waals surface area contributed by atoms with Crippen LogP contribution in [0.3, 0.4) is 0 Å². The fraction of sp³-hybridized carbons (Fsp3) is 0.719. The van der Waals surface area contributed by atoms with Gasteiger partial charge >= 0.3 is 0 Å². The van der Waals surface area contributed by atoms with Crippen molar-refractivity contribution in [1.29, 1.82) is 0 Å². The number of fused-ring (bicyclic) bond motifs is 2. The molecule has 1 aromatic heterocycles. The number of pyridine rings is 1. The summed E-state index contributed by atoms with van der Waals surface area (Å²) in [4.78, 5) is 12.6. The molecule has 0 unspecified atom stereocenters. The van der Waals surface area contributed by atoms with Crippen molar-refractivity contribution in [2.24, 2.45) is 11.3 Å². The van der Waals surface area contributed by atoms with Crippen molar-refractivity contribution in [1.82, 2.24) is 19.7 Å². The van der Waals surface area contributed by atoms with Crippen LogP contribution in [0, 0.1) is 11.3 Å². The zero-order valence-electron chi connectivity index (χ0n) is 22.9. The molecule has 198 valence electrons. The molecule has 2 saturated carbocycles. The molecule has 5 nitrogen and oxygen atoms in total. The van der Waals surface area contributed by atoms with Crippen LogP contribution < -0.4 is 0 Å². The van der Waals surface area contributed by atoms with E-state index < -0.39 is 0 Å². The van der Waals surface area contributed by atoms with Gasteiger partial charge in [-0.2, -0.15) is 0 Å². The van der Waals surface area contributed by atoms with Gasteiger partial charge in [0, 0.05) is 63.7 Å². The van der Waals surface area contributed by atoms with E-state index in [9.17, 15) is 0 Å². The lowest BCUT2D eigenvalue weighted by atomic mass is 9.59. The predicted octanol–water partition coefficient (Wildman–Crippen LogP) is 4.58. The first-order valence-electron chi connectivity index (χ1n) is 15.2. The van der Waals surface area contributed by atoms with Gasteiger partial charge in [-0.3, -0.25) is 14.8 Å². The third-order valence-corrected chi connectivity index (χ3v) is 12.1. The molecular weight excluding hydrogens is 456 g/mol. The van der Waals surface area contributed by atoms with Crippen LogP contribution in [0.4, 0.5) is 0 Å². The zero-order chi connectivity index (χ0) is 24.8. The van der Waals surface area contributed by atoms with Crippen molar-refractivity contribution in [3.63, 3.8) is 0 Å². The van der Waals surface area contributed by atoms with Crippen LogP contribution in [0.15, 0.2) is 41.8 Å². The fourth-order valence-electron chi connectivity index (χ4n) is 10.1. The molecule has 4 aliphatic heterocycles. The molecule has 0 radical (unpaired) electrons. The maximum Gasteiger partial charge on any atom is 0.0975 e. The van der Waals surface area contributed by atoms with E-state index in [1.165, 1.54) is 102 Å². The smallest absolute Gasteiger partial charge is 0.0975 e. The Morgan fingerprint density at radius 3 is 2.76 bits per heavy atom. The van der Waals surface area contributed by atoms with Crippen LogP contribution in [0.2, 0.25) is 0 Å². The predicted molar refractivity (Wildman–Crippen MR) is 146 cm³/mol. The average molecular weight is 501 g/mol. The van der Waals surface area contributed by atoms with E-state index >= 15 is 0 Å². The highest BCUT2D eigenvalue weighted by Crippen LogP contribution is 2.67. The second kappa shape index (κ2) is 8.24. The van der Waals surface area contributed by atoms with E-state index in [-0.39, 0.29) is 11.2 Å². The largest absolute Gasteiger partial charge is 0.359 e. The topological polar surface area (TPSA) is 31.8 Å². The number of hydrogen-bond donors (Lipinski definition) is 0. The van der Waals surface area contributed by atoms with E-state index in [2.05, 4.69) is 58.1 Å². The average Bonchev–Trinajstić information content (AvgIpc) is 3.43. The molecule has 0 N–H and O–H groups in total. The number of ether oxygens (including phenoxy) is 1. The normalized spacial score (nSPS) is 43.9. The maximum atomic E-state index is 7.59. The molecule has 5 heterocycles. The first-order valence-corrected chi connectivity index (χ1v) is 15.2. The third-order valence-electron chi connectivity index (χ3n) is 12.1. The number of allylic oxidation sites excluding steroid dienone is 1. The van der Waals surface area contributed by atoms with Crippen LogP contribution in [-0.2, 0) is 17.7 Å². The summed E-state index contributed by atoms with van der Waals surface area (Å²) in [6.45, 7) is 9.76. The molecule has 4 fully saturated rings. The third kappa shape index (κ3) is 3.33. The number of rotatable bonds is 2. The Balaban J connectivity index is 1.07. The minimum absolute atomic E-state index is 0.00960. The van der Waals surface area contributed by atoms with Gasteiger partial charge in [0.05, 0.1) is 11.2 Å². The molecule has 0 amide bonds. The van der Waals surface area contributed by atoms with Gasteiger partial charge in [-0.15, -0.1) is 0 Å². The number of piperazine rings is 1. The minimum atomic E-state index is -0.0372. The summed E-state index contributed by atoms with van der Waals surface area (Å²) in [5.41, 5.74) is 6.42. The quantitative estimate of drug-likeness (QED) is 0.593. The highest BCUT2D eigenvalue weighted by Gasteiger charge is 2.67. The maximum absolute atomic E-state index is 7.59. The highest BCUT2D eigenvalue weighted by molar-refractivity contribution is 5.47. The van der Waals surface area contributed by atoms with E-state index in [1.807, 2.05) is 6.20 Å². The standard InChI is InChI=1S/C32H44N4O/c1-30-10-7-26-19-25-3-4-27(35-17-15-34(2)16-18-35)20-31(25)11-12-32(26,37-31)28(30)5-6-29(30)36-14-9-23-8-13-33-21-24(23)22-36/h7-8,13,19,21,27-29H,3-6,9-12,14-18,20,22H2,1-2H3/t27-,28+,29-,30-,31+,32+/m0/s1. The first-order chi connectivity index (χ1) is 18.0. The molecule has 7 aliphatic rings. The molecule has 8 rings (SSSR count). The lowest BCUT2D eigenvalue weighted by molar-refractivity contribution is -0.146. The van der Waals surface area contributed by atoms with E-state index in [1.54, 1.807) is 11.1 Å². The van der Waals surface area contributed by atoms with E-state index in [0.717, 1.165) is 6.54 Å². The van der Waals surface area contributed by atoms with Crippen molar-refractivity contribution < 1.29 is 4.74 Å². The van der Waals surface area contributed by atoms with Gasteiger partial charge in [0.1, 0.15) is 0 Å². The molecular formula is C32H44N4O. The summed E-state index contributed by atoms with van der Waals surface area (Å²) >= 11 is 0. The van der Waals surface area contributed by atoms with Crippen molar-refractivity contribution in [3.8, 4) is 0 Å². The van der Waals surface area contributed by atoms with Crippen LogP contribution in [0.1, 0.15) is 69.4 Å². The molecule has 6 atom stereocenters. The monoisotopic (exact) mass is 500 g/mol. The zero-order valence-corrected chi connectivity index (χ0v) is 22.9. The minimum Gasteiger partial charge on any atom is -0.359 e. The van der Waals surface area contributed by atoms with Gasteiger partial charge in [0.25, 0.3) is 0 Å². The van der Waals surface area contributed by atoms with Gasteiger partial charge < -0.3 is 9.64 Å². The van der Waals surface area contributed by atoms with Gasteiger partial charge in [-0.05, 0) is 105 Å². The number of aromatic nitrogens is 1. The van der Waals surface area contributed by atoms with E-state index in [4.69, 9.17) is 4.74 Å². The Hall–Kier alpha value is -1.53. The summed E-state index contributed by atoms with van der Waals surface area (Å²) in [6.07, 6.45) is 20.6. The highest BCUT2D eigenvalue weighted by atomic mass is 16.5. The van der Waals surface area contributed by atoms with Crippen molar-refractivity contribution in [3.05, 3.63) is 52.9 Å². The molecule has 2 saturated heterocycles.